The molecule has 174 valence electrons. The Morgan fingerprint density at radius 2 is 1.84 bits per heavy atom. The number of amides is 1. The molecule has 1 amide bonds. The molecule has 4 rings (SSSR count). The lowest BCUT2D eigenvalue weighted by Crippen LogP contribution is -2.41. The first-order valence-electron chi connectivity index (χ1n) is 11.4. The predicted molar refractivity (Wildman–Crippen MR) is 130 cm³/mol. The highest BCUT2D eigenvalue weighted by Gasteiger charge is 2.25. The van der Waals surface area contributed by atoms with E-state index in [0.717, 1.165) is 64.1 Å². The number of piperidine rings is 1. The molecular formula is C24H30Cl2N2O3S. The number of hydrogen-bond donors (Lipinski definition) is 1. The van der Waals surface area contributed by atoms with Crippen molar-refractivity contribution in [1.82, 2.24) is 10.2 Å². The molecule has 0 atom stereocenters. The van der Waals surface area contributed by atoms with Crippen molar-refractivity contribution >= 4 is 40.6 Å². The van der Waals surface area contributed by atoms with Crippen molar-refractivity contribution in [2.45, 2.75) is 57.1 Å². The highest BCUT2D eigenvalue weighted by Crippen LogP contribution is 2.33. The third-order valence-electron chi connectivity index (χ3n) is 6.46. The Kier molecular flexibility index (Phi) is 8.58. The lowest BCUT2D eigenvalue weighted by atomic mass is 9.84. The summed E-state index contributed by atoms with van der Waals surface area (Å²) in [5, 5.41) is 6.59. The molecule has 1 aromatic heterocycles. The van der Waals surface area contributed by atoms with E-state index in [1.165, 1.54) is 17.8 Å². The van der Waals surface area contributed by atoms with Crippen molar-refractivity contribution < 1.29 is 14.3 Å². The Labute approximate surface area is 204 Å². The highest BCUT2D eigenvalue weighted by molar-refractivity contribution is 7.11. The summed E-state index contributed by atoms with van der Waals surface area (Å²) in [5.74, 6) is 1.42. The van der Waals surface area contributed by atoms with Gasteiger partial charge in [-0.25, -0.2) is 4.79 Å². The van der Waals surface area contributed by atoms with Gasteiger partial charge in [-0.3, -0.25) is 0 Å². The van der Waals surface area contributed by atoms with Crippen LogP contribution < -0.4 is 14.8 Å². The fourth-order valence-corrected chi connectivity index (χ4v) is 5.48. The third kappa shape index (κ3) is 6.77. The number of carbonyl (C=O) groups excluding carboxylic acids is 1. The van der Waals surface area contributed by atoms with Crippen molar-refractivity contribution in [2.75, 3.05) is 19.6 Å². The van der Waals surface area contributed by atoms with Crippen molar-refractivity contribution in [2.24, 2.45) is 5.92 Å². The Hall–Kier alpha value is -1.47. The van der Waals surface area contributed by atoms with Gasteiger partial charge in [0.1, 0.15) is 16.9 Å². The van der Waals surface area contributed by atoms with Crippen molar-refractivity contribution in [3.8, 4) is 10.8 Å². The smallest absolute Gasteiger partial charge is 0.413 e. The van der Waals surface area contributed by atoms with Gasteiger partial charge in [-0.05, 0) is 87.1 Å². The van der Waals surface area contributed by atoms with Crippen LogP contribution in [-0.2, 0) is 0 Å². The van der Waals surface area contributed by atoms with Gasteiger partial charge in [0.15, 0.2) is 5.06 Å². The molecular weight excluding hydrogens is 467 g/mol. The Balaban J connectivity index is 1.10. The molecule has 2 heterocycles. The van der Waals surface area contributed by atoms with E-state index in [4.69, 9.17) is 32.7 Å². The molecule has 32 heavy (non-hydrogen) atoms. The molecule has 2 aliphatic rings. The van der Waals surface area contributed by atoms with Crippen LogP contribution in [0.4, 0.5) is 4.79 Å². The molecule has 0 bridgehead atoms. The van der Waals surface area contributed by atoms with Gasteiger partial charge in [0, 0.05) is 19.1 Å². The molecule has 5 nitrogen and oxygen atoms in total. The van der Waals surface area contributed by atoms with E-state index in [-0.39, 0.29) is 18.2 Å². The number of benzene rings is 1. The Bertz CT molecular complexity index is 864. The number of rotatable bonds is 7. The first kappa shape index (κ1) is 23.7. The summed E-state index contributed by atoms with van der Waals surface area (Å²) < 4.78 is 11.4. The summed E-state index contributed by atoms with van der Waals surface area (Å²) in [4.78, 5) is 14.6. The van der Waals surface area contributed by atoms with Gasteiger partial charge >= 0.3 is 6.09 Å². The topological polar surface area (TPSA) is 50.8 Å². The Morgan fingerprint density at radius 3 is 2.56 bits per heavy atom. The van der Waals surface area contributed by atoms with Gasteiger partial charge in [0.2, 0.25) is 0 Å². The normalized spacial score (nSPS) is 22.4. The van der Waals surface area contributed by atoms with Crippen LogP contribution in [0.1, 0.15) is 44.9 Å². The summed E-state index contributed by atoms with van der Waals surface area (Å²) in [6.45, 7) is 3.23. The van der Waals surface area contributed by atoms with Crippen LogP contribution in [0, 0.1) is 5.92 Å². The number of hydrogen-bond acceptors (Lipinski definition) is 5. The molecule has 2 aromatic rings. The predicted octanol–water partition coefficient (Wildman–Crippen LogP) is 6.64. The molecule has 2 fully saturated rings. The monoisotopic (exact) mass is 496 g/mol. The number of halogens is 2. The molecule has 1 aliphatic heterocycles. The SMILES string of the molecule is O=C(NC1CCC(CCN2CCC(Oc3cccc(Cl)c3Cl)CC2)CC1)Oc1cccs1. The van der Waals surface area contributed by atoms with Crippen LogP contribution in [-0.4, -0.2) is 42.8 Å². The van der Waals surface area contributed by atoms with E-state index in [2.05, 4.69) is 10.2 Å². The van der Waals surface area contributed by atoms with E-state index >= 15 is 0 Å². The average Bonchev–Trinajstić information content (AvgIpc) is 3.30. The first-order chi connectivity index (χ1) is 15.6. The summed E-state index contributed by atoms with van der Waals surface area (Å²) in [6, 6.07) is 9.44. The molecule has 0 unspecified atom stereocenters. The molecule has 0 spiro atoms. The fourth-order valence-electron chi connectivity index (χ4n) is 4.57. The van der Waals surface area contributed by atoms with Crippen molar-refractivity contribution in [3.05, 3.63) is 45.8 Å². The van der Waals surface area contributed by atoms with Gasteiger partial charge in [0.25, 0.3) is 0 Å². The van der Waals surface area contributed by atoms with Crippen molar-refractivity contribution in [1.29, 1.82) is 0 Å². The van der Waals surface area contributed by atoms with Crippen LogP contribution in [0.15, 0.2) is 35.7 Å². The maximum absolute atomic E-state index is 12.0. The van der Waals surface area contributed by atoms with Crippen LogP contribution in [0.25, 0.3) is 0 Å². The first-order valence-corrected chi connectivity index (χ1v) is 13.1. The molecule has 1 saturated carbocycles. The molecule has 1 N–H and O–H groups in total. The number of nitrogens with one attached hydrogen (secondary N) is 1. The second-order valence-corrected chi connectivity index (χ2v) is 10.4. The molecule has 1 aromatic carbocycles. The van der Waals surface area contributed by atoms with E-state index in [1.807, 2.05) is 29.6 Å². The van der Waals surface area contributed by atoms with Crippen LogP contribution >= 0.6 is 34.5 Å². The summed E-state index contributed by atoms with van der Waals surface area (Å²) >= 11 is 13.8. The van der Waals surface area contributed by atoms with Gasteiger partial charge in [0.05, 0.1) is 5.02 Å². The maximum atomic E-state index is 12.0. The van der Waals surface area contributed by atoms with Crippen LogP contribution in [0.3, 0.4) is 0 Å². The second-order valence-electron chi connectivity index (χ2n) is 8.68. The minimum absolute atomic E-state index is 0.192. The van der Waals surface area contributed by atoms with E-state index in [0.29, 0.717) is 20.9 Å². The van der Waals surface area contributed by atoms with Gasteiger partial charge in [-0.1, -0.05) is 29.3 Å². The van der Waals surface area contributed by atoms with Gasteiger partial charge in [-0.2, -0.15) is 0 Å². The molecule has 1 saturated heterocycles. The zero-order valence-electron chi connectivity index (χ0n) is 18.1. The average molecular weight is 497 g/mol. The number of likely N-dealkylation sites (tertiary alicyclic amines) is 1. The van der Waals surface area contributed by atoms with Crippen molar-refractivity contribution in [3.63, 3.8) is 0 Å². The summed E-state index contributed by atoms with van der Waals surface area (Å²) in [7, 11) is 0. The standard InChI is InChI=1S/C24H30Cl2N2O3S/c25-20-3-1-4-21(23(20)26)30-19-11-14-28(15-12-19)13-10-17-6-8-18(9-7-17)27-24(29)31-22-5-2-16-32-22/h1-5,16-19H,6-15H2,(H,27,29). The maximum Gasteiger partial charge on any atom is 0.413 e. The molecule has 8 heteroatoms. The molecule has 1 aliphatic carbocycles. The second kappa shape index (κ2) is 11.6. The minimum Gasteiger partial charge on any atom is -0.489 e. The number of nitrogens with zero attached hydrogens (tertiary/aromatic N) is 1. The summed E-state index contributed by atoms with van der Waals surface area (Å²) in [6.07, 6.45) is 7.47. The fraction of sp³-hybridized carbons (Fsp3) is 0.542. The minimum atomic E-state index is -0.333. The van der Waals surface area contributed by atoms with Gasteiger partial charge in [-0.15, -0.1) is 11.3 Å². The van der Waals surface area contributed by atoms with Crippen LogP contribution in [0.2, 0.25) is 10.0 Å². The largest absolute Gasteiger partial charge is 0.489 e. The number of thiophene rings is 1. The van der Waals surface area contributed by atoms with Gasteiger partial charge < -0.3 is 19.7 Å². The van der Waals surface area contributed by atoms with E-state index < -0.39 is 0 Å². The van der Waals surface area contributed by atoms with Crippen LogP contribution in [0.5, 0.6) is 10.8 Å². The lowest BCUT2D eigenvalue weighted by molar-refractivity contribution is 0.0950. The highest BCUT2D eigenvalue weighted by atomic mass is 35.5. The van der Waals surface area contributed by atoms with E-state index in [1.54, 1.807) is 6.07 Å². The quantitative estimate of drug-likeness (QED) is 0.466. The number of carbonyl (C=O) groups is 1. The zero-order chi connectivity index (χ0) is 22.3. The molecule has 0 radical (unpaired) electrons. The third-order valence-corrected chi connectivity index (χ3v) is 8.00. The summed E-state index contributed by atoms with van der Waals surface area (Å²) in [5.41, 5.74) is 0. The Morgan fingerprint density at radius 1 is 1.06 bits per heavy atom. The number of ether oxygens (including phenoxy) is 2. The lowest BCUT2D eigenvalue weighted by Gasteiger charge is -2.34. The van der Waals surface area contributed by atoms with E-state index in [9.17, 15) is 4.79 Å². The zero-order valence-corrected chi connectivity index (χ0v) is 20.4.